The number of aliphatic carboxylic acids is 1. The number of H-pyrrole nitrogens is 1. The number of hydrogen-bond acceptors (Lipinski definition) is 9. The fraction of sp³-hybridized carbons (Fsp3) is 0.385. The van der Waals surface area contributed by atoms with E-state index in [0.717, 1.165) is 33.0 Å². The van der Waals surface area contributed by atoms with E-state index in [4.69, 9.17) is 9.90 Å². The number of sulfonamides is 1. The number of thiophene rings is 1. The van der Waals surface area contributed by atoms with Crippen molar-refractivity contribution in [1.29, 1.82) is 0 Å². The van der Waals surface area contributed by atoms with Gasteiger partial charge < -0.3 is 10.1 Å². The highest BCUT2D eigenvalue weighted by molar-refractivity contribution is 7.94. The Morgan fingerprint density at radius 3 is 2.47 bits per heavy atom. The molecule has 0 saturated carbocycles. The number of hydrogen-bond donors (Lipinski definition) is 2. The average molecular weight is 679 g/mol. The van der Waals surface area contributed by atoms with Crippen molar-refractivity contribution in [2.24, 2.45) is 0 Å². The molecule has 43 heavy (non-hydrogen) atoms. The van der Waals surface area contributed by atoms with Crippen LogP contribution in [0.15, 0.2) is 52.2 Å². The number of thiazole rings is 1. The van der Waals surface area contributed by atoms with E-state index >= 15 is 0 Å². The molecule has 4 aromatic rings. The molecule has 17 heteroatoms. The third-order valence-electron chi connectivity index (χ3n) is 6.59. The maximum Gasteiger partial charge on any atom is 0.490 e. The first-order chi connectivity index (χ1) is 20.0. The molecular weight excluding hydrogens is 650 g/mol. The van der Waals surface area contributed by atoms with Crippen LogP contribution in [0.3, 0.4) is 0 Å². The number of benzene rings is 1. The van der Waals surface area contributed by atoms with E-state index < -0.39 is 32.0 Å². The van der Waals surface area contributed by atoms with Crippen LogP contribution in [0.2, 0.25) is 0 Å². The summed E-state index contributed by atoms with van der Waals surface area (Å²) in [6.07, 6.45) is -1.28. The summed E-state index contributed by atoms with van der Waals surface area (Å²) in [5, 5.41) is 10.3. The van der Waals surface area contributed by atoms with Gasteiger partial charge in [-0.1, -0.05) is 18.2 Å². The number of anilines is 1. The van der Waals surface area contributed by atoms with Gasteiger partial charge in [0.25, 0.3) is 10.0 Å². The van der Waals surface area contributed by atoms with Gasteiger partial charge in [-0.05, 0) is 50.4 Å². The van der Waals surface area contributed by atoms with Gasteiger partial charge in [0.2, 0.25) is 0 Å². The van der Waals surface area contributed by atoms with Gasteiger partial charge in [0, 0.05) is 41.8 Å². The van der Waals surface area contributed by atoms with Crippen LogP contribution in [-0.2, 0) is 31.2 Å². The SMILES string of the molecule is CC(C)N(c1cccc2cc(-c3ncc(CN4CCC(S(C)(=O)=O)C4)s3)[nH]c12)S(=O)(=O)c1cccs1.O=C(O)C(F)(F)F. The summed E-state index contributed by atoms with van der Waals surface area (Å²) < 4.78 is 84.2. The van der Waals surface area contributed by atoms with E-state index in [1.165, 1.54) is 21.9 Å². The Kier molecular flexibility index (Phi) is 9.61. The number of alkyl halides is 3. The van der Waals surface area contributed by atoms with E-state index in [1.807, 2.05) is 44.3 Å². The molecule has 0 radical (unpaired) electrons. The molecule has 0 amide bonds. The highest BCUT2D eigenvalue weighted by atomic mass is 32.2. The lowest BCUT2D eigenvalue weighted by Gasteiger charge is -2.28. The summed E-state index contributed by atoms with van der Waals surface area (Å²) in [5.74, 6) is -2.76. The predicted molar refractivity (Wildman–Crippen MR) is 161 cm³/mol. The number of para-hydroxylation sites is 1. The number of rotatable bonds is 8. The zero-order valence-electron chi connectivity index (χ0n) is 23.2. The van der Waals surface area contributed by atoms with Crippen LogP contribution in [0.5, 0.6) is 0 Å². The number of nitrogens with one attached hydrogen (secondary N) is 1. The van der Waals surface area contributed by atoms with Crippen LogP contribution in [0.1, 0.15) is 25.1 Å². The normalized spacial score (nSPS) is 16.4. The maximum absolute atomic E-state index is 13.5. The molecule has 234 valence electrons. The first kappa shape index (κ1) is 32.9. The molecule has 0 bridgehead atoms. The number of fused-ring (bicyclic) bond motifs is 1. The average Bonchev–Trinajstić information content (AvgIpc) is 3.70. The van der Waals surface area contributed by atoms with Crippen LogP contribution in [-0.4, -0.2) is 79.6 Å². The van der Waals surface area contributed by atoms with Crippen LogP contribution < -0.4 is 4.31 Å². The van der Waals surface area contributed by atoms with Crippen molar-refractivity contribution in [1.82, 2.24) is 14.9 Å². The van der Waals surface area contributed by atoms with Gasteiger partial charge >= 0.3 is 12.1 Å². The van der Waals surface area contributed by atoms with Crippen molar-refractivity contribution in [3.8, 4) is 10.7 Å². The van der Waals surface area contributed by atoms with Crippen LogP contribution in [0.4, 0.5) is 18.9 Å². The Labute approximate surface area is 254 Å². The zero-order valence-corrected chi connectivity index (χ0v) is 26.5. The third kappa shape index (κ3) is 7.57. The second-order valence-electron chi connectivity index (χ2n) is 10.2. The number of likely N-dealkylation sites (tertiary alicyclic amines) is 1. The molecule has 1 fully saturated rings. The summed E-state index contributed by atoms with van der Waals surface area (Å²) in [5.41, 5.74) is 2.16. The molecule has 0 aliphatic carbocycles. The van der Waals surface area contributed by atoms with Crippen molar-refractivity contribution >= 4 is 65.1 Å². The topological polar surface area (TPSA) is 141 Å². The van der Waals surface area contributed by atoms with Gasteiger partial charge in [0.1, 0.15) is 9.22 Å². The smallest absolute Gasteiger partial charge is 0.475 e. The molecule has 1 atom stereocenters. The molecule has 2 N–H and O–H groups in total. The first-order valence-electron chi connectivity index (χ1n) is 12.8. The van der Waals surface area contributed by atoms with Crippen molar-refractivity contribution in [3.05, 3.63) is 52.9 Å². The molecule has 1 unspecified atom stereocenters. The fourth-order valence-corrected chi connectivity index (χ4v) is 9.34. The highest BCUT2D eigenvalue weighted by Gasteiger charge is 2.38. The number of halogens is 3. The highest BCUT2D eigenvalue weighted by Crippen LogP contribution is 2.36. The molecular formula is C26H29F3N4O6S4. The number of carboxylic acid groups (broad SMARTS) is 1. The number of aromatic nitrogens is 2. The van der Waals surface area contributed by atoms with Crippen LogP contribution >= 0.6 is 22.7 Å². The largest absolute Gasteiger partial charge is 0.490 e. The minimum Gasteiger partial charge on any atom is -0.475 e. The molecule has 3 aromatic heterocycles. The fourth-order valence-electron chi connectivity index (χ4n) is 4.65. The van der Waals surface area contributed by atoms with Gasteiger partial charge in [0.15, 0.2) is 9.84 Å². The van der Waals surface area contributed by atoms with Crippen molar-refractivity contribution in [2.45, 2.75) is 48.5 Å². The molecule has 1 aliphatic rings. The minimum atomic E-state index is -5.08. The summed E-state index contributed by atoms with van der Waals surface area (Å²) in [6, 6.07) is 10.7. The Hall–Kier alpha value is -2.99. The number of sulfone groups is 1. The minimum absolute atomic E-state index is 0.280. The maximum atomic E-state index is 13.5. The van der Waals surface area contributed by atoms with E-state index in [9.17, 15) is 30.0 Å². The molecule has 10 nitrogen and oxygen atoms in total. The van der Waals surface area contributed by atoms with Gasteiger partial charge in [-0.3, -0.25) is 9.21 Å². The Bertz CT molecular complexity index is 1800. The van der Waals surface area contributed by atoms with E-state index in [1.54, 1.807) is 28.8 Å². The second-order valence-corrected chi connectivity index (χ2v) is 16.6. The van der Waals surface area contributed by atoms with Crippen LogP contribution in [0, 0.1) is 0 Å². The van der Waals surface area contributed by atoms with Gasteiger partial charge in [-0.25, -0.2) is 26.6 Å². The molecule has 1 aliphatic heterocycles. The predicted octanol–water partition coefficient (Wildman–Crippen LogP) is 5.21. The van der Waals surface area contributed by atoms with Crippen molar-refractivity contribution in [2.75, 3.05) is 23.7 Å². The van der Waals surface area contributed by atoms with Crippen molar-refractivity contribution < 1.29 is 39.9 Å². The number of nitrogens with zero attached hydrogens (tertiary/aromatic N) is 3. The summed E-state index contributed by atoms with van der Waals surface area (Å²) in [7, 11) is -6.74. The molecule has 5 rings (SSSR count). The van der Waals surface area contributed by atoms with Gasteiger partial charge in [-0.15, -0.1) is 22.7 Å². The van der Waals surface area contributed by atoms with Gasteiger partial charge in [-0.2, -0.15) is 13.2 Å². The molecule has 1 aromatic carbocycles. The van der Waals surface area contributed by atoms with E-state index in [2.05, 4.69) is 14.9 Å². The monoisotopic (exact) mass is 678 g/mol. The van der Waals surface area contributed by atoms with Crippen LogP contribution in [0.25, 0.3) is 21.6 Å². The molecule has 1 saturated heterocycles. The van der Waals surface area contributed by atoms with Gasteiger partial charge in [0.05, 0.1) is 22.1 Å². The zero-order chi connectivity index (χ0) is 31.7. The van der Waals surface area contributed by atoms with E-state index in [-0.39, 0.29) is 11.3 Å². The Morgan fingerprint density at radius 2 is 1.91 bits per heavy atom. The van der Waals surface area contributed by atoms with E-state index in [0.29, 0.717) is 29.4 Å². The summed E-state index contributed by atoms with van der Waals surface area (Å²) >= 11 is 2.77. The third-order valence-corrected chi connectivity index (χ3v) is 12.6. The Balaban J connectivity index is 0.000000541. The molecule has 0 spiro atoms. The lowest BCUT2D eigenvalue weighted by Crippen LogP contribution is -2.36. The summed E-state index contributed by atoms with van der Waals surface area (Å²) in [4.78, 5) is 20.1. The lowest BCUT2D eigenvalue weighted by molar-refractivity contribution is -0.192. The Morgan fingerprint density at radius 1 is 1.21 bits per heavy atom. The first-order valence-corrected chi connectivity index (χ1v) is 17.9. The number of aromatic amines is 1. The molecule has 4 heterocycles. The number of carbonyl (C=O) groups is 1. The lowest BCUT2D eigenvalue weighted by atomic mass is 10.2. The second kappa shape index (κ2) is 12.6. The summed E-state index contributed by atoms with van der Waals surface area (Å²) in [6.45, 7) is 5.70. The number of carboxylic acids is 1. The standard InChI is InChI=1S/C24H28N4O4S4.C2HF3O2/c1-16(2)28(36(31,32)22-8-5-11-33-22)21-7-4-6-17-12-20(26-23(17)21)24-25-13-18(34-24)14-27-10-9-19(15-27)35(3,29)30;3-2(4,5)1(6)7/h4-8,11-13,16,19,26H,9-10,14-15H2,1-3H3;(H,6,7). The van der Waals surface area contributed by atoms with Crippen molar-refractivity contribution in [3.63, 3.8) is 0 Å². The quantitative estimate of drug-likeness (QED) is 0.259.